The van der Waals surface area contributed by atoms with Crippen molar-refractivity contribution in [2.24, 2.45) is 23.7 Å². The molecular weight excluding hydrogens is 589 g/mol. The van der Waals surface area contributed by atoms with Gasteiger partial charge in [-0.1, -0.05) is 59.6 Å². The predicted molar refractivity (Wildman–Crippen MR) is 152 cm³/mol. The second-order valence-electron chi connectivity index (χ2n) is 10.1. The minimum absolute atomic E-state index is 0.0812. The number of esters is 2. The number of nitrogens with one attached hydrogen (secondary N) is 1. The van der Waals surface area contributed by atoms with Gasteiger partial charge in [-0.25, -0.2) is 4.79 Å². The quantitative estimate of drug-likeness (QED) is 0.284. The summed E-state index contributed by atoms with van der Waals surface area (Å²) in [5.74, 6) is -12.0. The molecule has 3 N–H and O–H groups in total. The minimum Gasteiger partial charge on any atom is -0.481 e. The first kappa shape index (κ1) is 30.8. The van der Waals surface area contributed by atoms with Gasteiger partial charge in [-0.3, -0.25) is 19.2 Å². The summed E-state index contributed by atoms with van der Waals surface area (Å²) in [6.45, 7) is 1.54. The van der Waals surface area contributed by atoms with Crippen LogP contribution in [0.3, 0.4) is 0 Å². The number of carbonyl (C=O) groups excluding carboxylic acids is 3. The Bertz CT molecular complexity index is 1540. The Kier molecular flexibility index (Phi) is 9.38. The van der Waals surface area contributed by atoms with Crippen LogP contribution in [0.15, 0.2) is 60.7 Å². The Hall–Kier alpha value is -4.15. The van der Waals surface area contributed by atoms with Crippen LogP contribution in [0.5, 0.6) is 0 Å². The standard InChI is InChI=1S/C30H27Cl2NO9/c1-14(33-26(34)22-23(27(35)36)25(30(40)41-2)24(22)28(37)38)21(12-15-7-10-19(31)20(32)11-15)42-29(39)18-9-8-16-5-3-4-6-17(16)13-18/h3-11,13-14,21-25H,12H2,1-2H3,(H,33,34)(H,35,36)(H,37,38)/t14-,21+,22?,23-,24-,25?/m0/s1. The van der Waals surface area contributed by atoms with E-state index in [4.69, 9.17) is 27.9 Å². The van der Waals surface area contributed by atoms with Gasteiger partial charge in [0.1, 0.15) is 6.10 Å². The topological polar surface area (TPSA) is 156 Å². The number of amides is 1. The average Bonchev–Trinajstić information content (AvgIpc) is 2.93. The van der Waals surface area contributed by atoms with Crippen LogP contribution in [0.2, 0.25) is 10.0 Å². The maximum Gasteiger partial charge on any atom is 0.338 e. The van der Waals surface area contributed by atoms with Crippen molar-refractivity contribution in [2.75, 3.05) is 7.11 Å². The molecule has 1 aliphatic carbocycles. The Morgan fingerprint density at radius 2 is 1.48 bits per heavy atom. The first-order chi connectivity index (χ1) is 19.9. The molecule has 1 aliphatic rings. The first-order valence-electron chi connectivity index (χ1n) is 12.9. The van der Waals surface area contributed by atoms with Crippen LogP contribution in [-0.2, 0) is 35.1 Å². The Morgan fingerprint density at radius 1 is 0.833 bits per heavy atom. The maximum atomic E-state index is 13.3. The third kappa shape index (κ3) is 6.34. The number of fused-ring (bicyclic) bond motifs is 1. The number of carboxylic acids is 2. The Morgan fingerprint density at radius 3 is 2.07 bits per heavy atom. The largest absolute Gasteiger partial charge is 0.481 e. The number of hydrogen-bond donors (Lipinski definition) is 3. The smallest absolute Gasteiger partial charge is 0.338 e. The van der Waals surface area contributed by atoms with Gasteiger partial charge < -0.3 is 25.0 Å². The van der Waals surface area contributed by atoms with Crippen LogP contribution < -0.4 is 5.32 Å². The molecule has 0 unspecified atom stereocenters. The highest BCUT2D eigenvalue weighted by Gasteiger charge is 2.64. The van der Waals surface area contributed by atoms with E-state index in [9.17, 15) is 34.2 Å². The molecule has 1 fully saturated rings. The minimum atomic E-state index is -1.61. The van der Waals surface area contributed by atoms with Crippen LogP contribution >= 0.6 is 23.2 Å². The molecule has 0 aromatic heterocycles. The molecule has 10 nitrogen and oxygen atoms in total. The van der Waals surface area contributed by atoms with Gasteiger partial charge in [0, 0.05) is 6.42 Å². The van der Waals surface area contributed by atoms with Crippen molar-refractivity contribution in [3.05, 3.63) is 81.8 Å². The van der Waals surface area contributed by atoms with E-state index in [1.807, 2.05) is 24.3 Å². The summed E-state index contributed by atoms with van der Waals surface area (Å²) < 4.78 is 10.4. The van der Waals surface area contributed by atoms with Crippen LogP contribution in [-0.4, -0.2) is 59.3 Å². The number of ether oxygens (including phenoxy) is 2. The number of carbonyl (C=O) groups is 5. The predicted octanol–water partition coefficient (Wildman–Crippen LogP) is 4.24. The van der Waals surface area contributed by atoms with E-state index in [2.05, 4.69) is 10.1 Å². The summed E-state index contributed by atoms with van der Waals surface area (Å²) in [5.41, 5.74) is 0.895. The Labute approximate surface area is 250 Å². The van der Waals surface area contributed by atoms with Gasteiger partial charge in [0.2, 0.25) is 5.91 Å². The third-order valence-electron chi connectivity index (χ3n) is 7.49. The first-order valence-corrected chi connectivity index (χ1v) is 13.7. The zero-order valence-electron chi connectivity index (χ0n) is 22.5. The highest BCUT2D eigenvalue weighted by atomic mass is 35.5. The number of halogens is 2. The van der Waals surface area contributed by atoms with E-state index in [1.165, 1.54) is 6.92 Å². The van der Waals surface area contributed by atoms with Crippen molar-refractivity contribution in [1.82, 2.24) is 5.32 Å². The molecule has 1 amide bonds. The van der Waals surface area contributed by atoms with Crippen molar-refractivity contribution in [2.45, 2.75) is 25.5 Å². The molecule has 220 valence electrons. The fraction of sp³-hybridized carbons (Fsp3) is 0.300. The molecule has 0 saturated heterocycles. The van der Waals surface area contributed by atoms with E-state index >= 15 is 0 Å². The van der Waals surface area contributed by atoms with Gasteiger partial charge in [0.15, 0.2) is 0 Å². The average molecular weight is 616 g/mol. The number of rotatable bonds is 10. The summed E-state index contributed by atoms with van der Waals surface area (Å²) in [6.07, 6.45) is -0.911. The van der Waals surface area contributed by atoms with Gasteiger partial charge in [-0.2, -0.15) is 0 Å². The molecular formula is C30H27Cl2NO9. The molecule has 4 atom stereocenters. The summed E-state index contributed by atoms with van der Waals surface area (Å²) in [5, 5.41) is 24.3. The lowest BCUT2D eigenvalue weighted by Gasteiger charge is -2.45. The van der Waals surface area contributed by atoms with Gasteiger partial charge in [-0.15, -0.1) is 0 Å². The van der Waals surface area contributed by atoms with Crippen LogP contribution in [0.25, 0.3) is 10.8 Å². The molecule has 3 aromatic rings. The van der Waals surface area contributed by atoms with Gasteiger partial charge in [0.25, 0.3) is 0 Å². The van der Waals surface area contributed by atoms with Gasteiger partial charge in [-0.05, 0) is 47.5 Å². The van der Waals surface area contributed by atoms with E-state index in [0.29, 0.717) is 10.6 Å². The second kappa shape index (κ2) is 12.8. The fourth-order valence-electron chi connectivity index (χ4n) is 5.27. The molecule has 4 rings (SSSR count). The number of aliphatic carboxylic acids is 2. The third-order valence-corrected chi connectivity index (χ3v) is 8.23. The lowest BCUT2D eigenvalue weighted by Crippen LogP contribution is -2.63. The summed E-state index contributed by atoms with van der Waals surface area (Å²) >= 11 is 12.2. The molecule has 0 heterocycles. The van der Waals surface area contributed by atoms with Crippen LogP contribution in [0, 0.1) is 23.7 Å². The molecule has 0 radical (unpaired) electrons. The maximum absolute atomic E-state index is 13.3. The van der Waals surface area contributed by atoms with Crippen molar-refractivity contribution in [3.8, 4) is 0 Å². The number of benzene rings is 3. The molecule has 3 aromatic carbocycles. The number of hydrogen-bond acceptors (Lipinski definition) is 7. The SMILES string of the molecule is COC(=O)C1[C@@H](C(=O)O)C(C(=O)N[C@@H](C)[C@@H](Cc2ccc(Cl)c(Cl)c2)OC(=O)c2ccc3ccccc3c2)[C@@H]1C(=O)O. The Balaban J connectivity index is 1.59. The molecule has 0 aliphatic heterocycles. The van der Waals surface area contributed by atoms with E-state index in [-0.39, 0.29) is 17.0 Å². The summed E-state index contributed by atoms with van der Waals surface area (Å²) in [6, 6.07) is 16.4. The summed E-state index contributed by atoms with van der Waals surface area (Å²) in [4.78, 5) is 62.6. The normalized spacial score (nSPS) is 21.0. The fourth-order valence-corrected chi connectivity index (χ4v) is 5.59. The summed E-state index contributed by atoms with van der Waals surface area (Å²) in [7, 11) is 1.01. The lowest BCUT2D eigenvalue weighted by molar-refractivity contribution is -0.188. The molecule has 0 bridgehead atoms. The number of methoxy groups -OCH3 is 1. The van der Waals surface area contributed by atoms with E-state index < -0.39 is 65.6 Å². The van der Waals surface area contributed by atoms with Gasteiger partial charge in [0.05, 0.1) is 52.4 Å². The second-order valence-corrected chi connectivity index (χ2v) is 10.9. The van der Waals surface area contributed by atoms with E-state index in [0.717, 1.165) is 17.9 Å². The van der Waals surface area contributed by atoms with E-state index in [1.54, 1.807) is 36.4 Å². The monoisotopic (exact) mass is 615 g/mol. The molecule has 1 saturated carbocycles. The lowest BCUT2D eigenvalue weighted by atomic mass is 9.56. The van der Waals surface area contributed by atoms with Gasteiger partial charge >= 0.3 is 23.9 Å². The highest BCUT2D eigenvalue weighted by molar-refractivity contribution is 6.42. The van der Waals surface area contributed by atoms with Crippen LogP contribution in [0.1, 0.15) is 22.8 Å². The van der Waals surface area contributed by atoms with Crippen molar-refractivity contribution in [3.63, 3.8) is 0 Å². The van der Waals surface area contributed by atoms with Crippen LogP contribution in [0.4, 0.5) is 0 Å². The molecule has 0 spiro atoms. The van der Waals surface area contributed by atoms with Crippen molar-refractivity contribution < 1.29 is 43.7 Å². The zero-order chi connectivity index (χ0) is 30.7. The highest BCUT2D eigenvalue weighted by Crippen LogP contribution is 2.47. The van der Waals surface area contributed by atoms with Crippen molar-refractivity contribution >= 4 is 63.8 Å². The zero-order valence-corrected chi connectivity index (χ0v) is 24.0. The molecule has 42 heavy (non-hydrogen) atoms. The van der Waals surface area contributed by atoms with Crippen molar-refractivity contribution in [1.29, 1.82) is 0 Å². The molecule has 12 heteroatoms. The number of carboxylic acid groups (broad SMARTS) is 2.